The fourth-order valence-electron chi connectivity index (χ4n) is 4.55. The van der Waals surface area contributed by atoms with Crippen molar-refractivity contribution in [1.29, 1.82) is 0 Å². The monoisotopic (exact) mass is 799 g/mol. The van der Waals surface area contributed by atoms with E-state index in [4.69, 9.17) is 25.0 Å². The van der Waals surface area contributed by atoms with Crippen LogP contribution >= 0.6 is 20.5 Å². The van der Waals surface area contributed by atoms with Gasteiger partial charge in [-0.25, -0.2) is 4.57 Å². The van der Waals surface area contributed by atoms with Crippen LogP contribution in [0, 0.1) is 5.92 Å². The number of ether oxygens (including phenoxy) is 2. The van der Waals surface area contributed by atoms with Gasteiger partial charge in [0.05, 0.1) is 57.1 Å². The van der Waals surface area contributed by atoms with Gasteiger partial charge in [-0.05, 0) is 52.9 Å². The molecule has 0 aromatic heterocycles. The Hall–Kier alpha value is -2.84. The molecule has 21 heteroatoms. The van der Waals surface area contributed by atoms with E-state index in [2.05, 4.69) is 43.7 Å². The maximum Gasteiger partial charge on any atom is 0.469 e. The number of phosphoric ester groups is 1. The highest BCUT2D eigenvalue weighted by atomic mass is 32.1. The summed E-state index contributed by atoms with van der Waals surface area (Å²) in [5.74, 6) is -2.86. The number of phosphoric acid groups is 1. The van der Waals surface area contributed by atoms with Crippen LogP contribution in [0.2, 0.25) is 0 Å². The molecule has 6 atom stereocenters. The van der Waals surface area contributed by atoms with Crippen LogP contribution in [-0.4, -0.2) is 138 Å². The fourth-order valence-corrected chi connectivity index (χ4v) is 5.25. The van der Waals surface area contributed by atoms with E-state index < -0.39 is 62.2 Å². The number of hydrogen-bond donors (Lipinski definition) is 9. The van der Waals surface area contributed by atoms with Gasteiger partial charge in [0.25, 0.3) is 0 Å². The number of rotatable bonds is 28. The summed E-state index contributed by atoms with van der Waals surface area (Å²) in [6.45, 7) is 12.1. The average molecular weight is 800 g/mol. The summed E-state index contributed by atoms with van der Waals surface area (Å²) in [5, 5.41) is 12.6. The van der Waals surface area contributed by atoms with Gasteiger partial charge in [0.15, 0.2) is 0 Å². The Balaban J connectivity index is 4.84. The largest absolute Gasteiger partial charge is 0.469 e. The molecule has 0 bridgehead atoms. The zero-order valence-corrected chi connectivity index (χ0v) is 33.7. The molecule has 0 spiro atoms. The standard InChI is InChI=1S/C32H62N7O12PS/c1-8-12-39(29(42)10-13-49-23(6)18-50-21(4)9-11-34-31(44)25(33)19-53)17-28(41)38-26(14-20(2)3)32(45)36-16-27(40)37-24(7)30(43)35-15-22(5)51-52(46,47)48/h20-26,53H,8-19,33H2,1-7H3,(H,34,44)(H,35,43)(H,36,45)(H,37,40)(H,38,41)(H2,46,47,48)/t21?,22-,23?,24+,25+,26+/m1/s1. The van der Waals surface area contributed by atoms with Crippen LogP contribution in [0.4, 0.5) is 0 Å². The summed E-state index contributed by atoms with van der Waals surface area (Å²) >= 11 is 4.00. The Morgan fingerprint density at radius 3 is 2.09 bits per heavy atom. The third-order valence-electron chi connectivity index (χ3n) is 7.33. The van der Waals surface area contributed by atoms with Crippen LogP contribution in [0.15, 0.2) is 0 Å². The summed E-state index contributed by atoms with van der Waals surface area (Å²) in [6.07, 6.45) is -0.0294. The quantitative estimate of drug-likeness (QED) is 0.0338. The molecular weight excluding hydrogens is 737 g/mol. The van der Waals surface area contributed by atoms with Crippen LogP contribution in [0.5, 0.6) is 0 Å². The molecule has 0 aliphatic rings. The Morgan fingerprint density at radius 1 is 0.849 bits per heavy atom. The molecule has 308 valence electrons. The molecule has 6 amide bonds. The van der Waals surface area contributed by atoms with Crippen molar-refractivity contribution >= 4 is 55.9 Å². The van der Waals surface area contributed by atoms with Gasteiger partial charge >= 0.3 is 7.82 Å². The van der Waals surface area contributed by atoms with Gasteiger partial charge in [0.1, 0.15) is 12.1 Å². The van der Waals surface area contributed by atoms with Crippen molar-refractivity contribution in [1.82, 2.24) is 31.5 Å². The zero-order chi connectivity index (χ0) is 40.7. The van der Waals surface area contributed by atoms with Gasteiger partial charge in [0.2, 0.25) is 35.4 Å². The van der Waals surface area contributed by atoms with Crippen molar-refractivity contribution in [2.45, 2.75) is 111 Å². The normalized spacial score (nSPS) is 14.9. The lowest BCUT2D eigenvalue weighted by Gasteiger charge is -2.25. The van der Waals surface area contributed by atoms with Gasteiger partial charge in [0, 0.05) is 25.4 Å². The first-order valence-corrected chi connectivity index (χ1v) is 19.9. The highest BCUT2D eigenvalue weighted by Crippen LogP contribution is 2.37. The van der Waals surface area contributed by atoms with E-state index in [1.165, 1.54) is 18.7 Å². The maximum absolute atomic E-state index is 13.0. The van der Waals surface area contributed by atoms with Crippen LogP contribution in [0.3, 0.4) is 0 Å². The lowest BCUT2D eigenvalue weighted by atomic mass is 10.0. The van der Waals surface area contributed by atoms with E-state index in [0.29, 0.717) is 25.9 Å². The Kier molecular flexibility index (Phi) is 25.4. The second kappa shape index (κ2) is 26.9. The molecule has 19 nitrogen and oxygen atoms in total. The van der Waals surface area contributed by atoms with Crippen molar-refractivity contribution in [3.8, 4) is 0 Å². The first-order chi connectivity index (χ1) is 24.7. The fraction of sp³-hybridized carbons (Fsp3) is 0.812. The van der Waals surface area contributed by atoms with E-state index in [9.17, 15) is 33.3 Å². The van der Waals surface area contributed by atoms with Crippen molar-refractivity contribution in [3.05, 3.63) is 0 Å². The van der Waals surface area contributed by atoms with E-state index in [0.717, 1.165) is 0 Å². The van der Waals surface area contributed by atoms with Crippen LogP contribution in [0.25, 0.3) is 0 Å². The predicted molar refractivity (Wildman–Crippen MR) is 199 cm³/mol. The lowest BCUT2D eigenvalue weighted by molar-refractivity contribution is -0.138. The third-order valence-corrected chi connectivity index (χ3v) is 8.36. The van der Waals surface area contributed by atoms with Crippen molar-refractivity contribution in [3.63, 3.8) is 0 Å². The van der Waals surface area contributed by atoms with Crippen molar-refractivity contribution in [2.24, 2.45) is 11.7 Å². The molecule has 0 aliphatic heterocycles. The molecule has 9 N–H and O–H groups in total. The summed E-state index contributed by atoms with van der Waals surface area (Å²) in [6, 6.07) is -2.71. The second-order valence-corrected chi connectivity index (χ2v) is 14.7. The van der Waals surface area contributed by atoms with Gasteiger partial charge in [-0.1, -0.05) is 20.8 Å². The molecule has 53 heavy (non-hydrogen) atoms. The molecule has 0 radical (unpaired) electrons. The van der Waals surface area contributed by atoms with Crippen molar-refractivity contribution in [2.75, 3.05) is 51.7 Å². The number of amides is 6. The molecule has 0 heterocycles. The molecule has 0 aliphatic carbocycles. The Bertz CT molecular complexity index is 1210. The Labute approximate surface area is 318 Å². The summed E-state index contributed by atoms with van der Waals surface area (Å²) in [5.41, 5.74) is 5.63. The summed E-state index contributed by atoms with van der Waals surface area (Å²) in [4.78, 5) is 94.5. The van der Waals surface area contributed by atoms with Crippen LogP contribution in [-0.2, 0) is 47.3 Å². The van der Waals surface area contributed by atoms with E-state index in [-0.39, 0.29) is 74.8 Å². The highest BCUT2D eigenvalue weighted by Gasteiger charge is 2.26. The molecule has 0 aromatic carbocycles. The number of nitrogens with one attached hydrogen (secondary N) is 5. The van der Waals surface area contributed by atoms with Crippen molar-refractivity contribution < 1.29 is 57.1 Å². The first-order valence-electron chi connectivity index (χ1n) is 17.7. The number of carbonyl (C=O) groups excluding carboxylic acids is 6. The molecule has 0 fully saturated rings. The van der Waals surface area contributed by atoms with E-state index >= 15 is 0 Å². The molecular formula is C32H62N7O12PS. The summed E-state index contributed by atoms with van der Waals surface area (Å²) < 4.78 is 26.9. The number of hydrogen-bond acceptors (Lipinski definition) is 12. The predicted octanol–water partition coefficient (Wildman–Crippen LogP) is -1.05. The van der Waals surface area contributed by atoms with Crippen LogP contribution < -0.4 is 32.3 Å². The van der Waals surface area contributed by atoms with Gasteiger partial charge in [-0.2, -0.15) is 12.6 Å². The molecule has 0 aromatic rings. The molecule has 0 rings (SSSR count). The Morgan fingerprint density at radius 2 is 1.51 bits per heavy atom. The van der Waals surface area contributed by atoms with E-state index in [1.54, 1.807) is 6.92 Å². The number of nitrogens with two attached hydrogens (primary N) is 1. The number of thiol groups is 1. The summed E-state index contributed by atoms with van der Waals surface area (Å²) in [7, 11) is -4.73. The topological polar surface area (TPSA) is 277 Å². The minimum Gasteiger partial charge on any atom is -0.376 e. The second-order valence-electron chi connectivity index (χ2n) is 13.2. The third kappa shape index (κ3) is 25.0. The molecule has 0 saturated carbocycles. The number of nitrogens with zero attached hydrogens (tertiary/aromatic N) is 1. The van der Waals surface area contributed by atoms with Gasteiger partial charge in [-0.3, -0.25) is 33.3 Å². The van der Waals surface area contributed by atoms with Gasteiger partial charge in [-0.15, -0.1) is 0 Å². The maximum atomic E-state index is 13.0. The molecule has 0 saturated heterocycles. The lowest BCUT2D eigenvalue weighted by Crippen LogP contribution is -2.53. The van der Waals surface area contributed by atoms with E-state index in [1.807, 2.05) is 27.7 Å². The van der Waals surface area contributed by atoms with Crippen LogP contribution in [0.1, 0.15) is 74.1 Å². The smallest absolute Gasteiger partial charge is 0.376 e. The van der Waals surface area contributed by atoms with Gasteiger partial charge < -0.3 is 56.5 Å². The zero-order valence-electron chi connectivity index (χ0n) is 31.9. The average Bonchev–Trinajstić information content (AvgIpc) is 3.06. The minimum atomic E-state index is -4.73. The number of carbonyl (C=O) groups is 6. The molecule has 2 unspecified atom stereocenters. The highest BCUT2D eigenvalue weighted by molar-refractivity contribution is 7.80. The first kappa shape index (κ1) is 50.2. The minimum absolute atomic E-state index is 0.0112. The SMILES string of the molecule is CCCN(CC(=O)N[C@@H](CC(C)C)C(=O)NCC(=O)N[C@@H](C)C(=O)NC[C@@H](C)OP(=O)(O)O)C(=O)CCOC(C)COC(C)CCNC(=O)[C@@H](N)CS.